The van der Waals surface area contributed by atoms with Crippen LogP contribution in [0.5, 0.6) is 0 Å². The second kappa shape index (κ2) is 8.88. The van der Waals surface area contributed by atoms with Crippen molar-refractivity contribution in [3.63, 3.8) is 0 Å². The molecule has 160 valence electrons. The standard InChI is InChI=1S/C24H31N3O3/c1-16(2)26-21(28)7-6-14-30-24(3,4)18-10-8-17(9-11-18)20-15-27(5)23(29)22-19(20)12-13-25-22/h8-13,15-16,25H,6-7,14H2,1-5H3,(H,26,28). The number of nitrogens with one attached hydrogen (secondary N) is 2. The topological polar surface area (TPSA) is 76.1 Å². The normalized spacial score (nSPS) is 11.9. The summed E-state index contributed by atoms with van der Waals surface area (Å²) in [6, 6.07) is 10.3. The van der Waals surface area contributed by atoms with E-state index in [1.807, 2.05) is 40.0 Å². The summed E-state index contributed by atoms with van der Waals surface area (Å²) in [6.07, 6.45) is 4.82. The number of fused-ring (bicyclic) bond motifs is 1. The minimum atomic E-state index is -0.458. The molecule has 0 fully saturated rings. The van der Waals surface area contributed by atoms with Gasteiger partial charge in [0.25, 0.3) is 5.56 Å². The van der Waals surface area contributed by atoms with Crippen molar-refractivity contribution in [2.75, 3.05) is 6.61 Å². The van der Waals surface area contributed by atoms with Crippen molar-refractivity contribution in [3.05, 3.63) is 58.6 Å². The third-order valence-electron chi connectivity index (χ3n) is 5.25. The summed E-state index contributed by atoms with van der Waals surface area (Å²) in [6.45, 7) is 8.50. The molecule has 1 aromatic carbocycles. The first-order valence-electron chi connectivity index (χ1n) is 10.4. The highest BCUT2D eigenvalue weighted by Gasteiger charge is 2.21. The van der Waals surface area contributed by atoms with Gasteiger partial charge in [-0.2, -0.15) is 0 Å². The van der Waals surface area contributed by atoms with E-state index in [2.05, 4.69) is 34.6 Å². The molecule has 0 unspecified atom stereocenters. The number of rotatable bonds is 8. The molecule has 2 N–H and O–H groups in total. The number of nitrogens with zero attached hydrogens (tertiary/aromatic N) is 1. The SMILES string of the molecule is CC(C)NC(=O)CCCOC(C)(C)c1ccc(-c2cn(C)c(=O)c3[nH]ccc23)cc1. The predicted octanol–water partition coefficient (Wildman–Crippen LogP) is 4.09. The number of carbonyl (C=O) groups is 1. The molecular weight excluding hydrogens is 378 g/mol. The lowest BCUT2D eigenvalue weighted by molar-refractivity contribution is -0.122. The van der Waals surface area contributed by atoms with Gasteiger partial charge in [-0.3, -0.25) is 9.59 Å². The molecule has 3 aromatic rings. The van der Waals surface area contributed by atoms with Crippen LogP contribution in [0.4, 0.5) is 0 Å². The van der Waals surface area contributed by atoms with Crippen molar-refractivity contribution in [2.24, 2.45) is 7.05 Å². The van der Waals surface area contributed by atoms with E-state index >= 15 is 0 Å². The van der Waals surface area contributed by atoms with Crippen LogP contribution in [0.25, 0.3) is 22.0 Å². The first-order chi connectivity index (χ1) is 14.2. The maximum Gasteiger partial charge on any atom is 0.274 e. The van der Waals surface area contributed by atoms with Gasteiger partial charge >= 0.3 is 0 Å². The molecule has 0 spiro atoms. The van der Waals surface area contributed by atoms with Gasteiger partial charge in [0.15, 0.2) is 0 Å². The van der Waals surface area contributed by atoms with E-state index in [1.165, 1.54) is 0 Å². The Balaban J connectivity index is 1.69. The summed E-state index contributed by atoms with van der Waals surface area (Å²) < 4.78 is 7.68. The van der Waals surface area contributed by atoms with Crippen LogP contribution in [0.1, 0.15) is 46.1 Å². The molecule has 6 nitrogen and oxygen atoms in total. The lowest BCUT2D eigenvalue weighted by Gasteiger charge is -2.26. The van der Waals surface area contributed by atoms with E-state index in [-0.39, 0.29) is 17.5 Å². The molecule has 2 heterocycles. The van der Waals surface area contributed by atoms with Crippen molar-refractivity contribution >= 4 is 16.8 Å². The molecule has 6 heteroatoms. The van der Waals surface area contributed by atoms with Crippen molar-refractivity contribution in [3.8, 4) is 11.1 Å². The highest BCUT2D eigenvalue weighted by atomic mass is 16.5. The number of benzene rings is 1. The van der Waals surface area contributed by atoms with E-state index in [4.69, 9.17) is 4.74 Å². The van der Waals surface area contributed by atoms with Crippen molar-refractivity contribution in [2.45, 2.75) is 52.2 Å². The van der Waals surface area contributed by atoms with Crippen LogP contribution in [0.2, 0.25) is 0 Å². The third-order valence-corrected chi connectivity index (χ3v) is 5.25. The van der Waals surface area contributed by atoms with Gasteiger partial charge < -0.3 is 19.6 Å². The zero-order valence-electron chi connectivity index (χ0n) is 18.4. The van der Waals surface area contributed by atoms with Crippen LogP contribution < -0.4 is 10.9 Å². The van der Waals surface area contributed by atoms with Gasteiger partial charge in [-0.1, -0.05) is 24.3 Å². The molecular formula is C24H31N3O3. The van der Waals surface area contributed by atoms with Gasteiger partial charge in [0.1, 0.15) is 5.52 Å². The van der Waals surface area contributed by atoms with Crippen LogP contribution >= 0.6 is 0 Å². The number of ether oxygens (including phenoxy) is 1. The first-order valence-corrected chi connectivity index (χ1v) is 10.4. The van der Waals surface area contributed by atoms with Gasteiger partial charge in [-0.05, 0) is 51.3 Å². The van der Waals surface area contributed by atoms with Gasteiger partial charge in [0.05, 0.1) is 5.60 Å². The number of aromatic amines is 1. The summed E-state index contributed by atoms with van der Waals surface area (Å²) in [5, 5.41) is 3.81. The average molecular weight is 410 g/mol. The highest BCUT2D eigenvalue weighted by molar-refractivity contribution is 5.94. The van der Waals surface area contributed by atoms with E-state index in [1.54, 1.807) is 17.8 Å². The van der Waals surface area contributed by atoms with E-state index in [0.29, 0.717) is 25.0 Å². The minimum absolute atomic E-state index is 0.0352. The molecule has 0 aliphatic carbocycles. The number of aryl methyl sites for hydroxylation is 1. The number of carbonyl (C=O) groups excluding carboxylic acids is 1. The fraction of sp³-hybridized carbons (Fsp3) is 0.417. The second-order valence-corrected chi connectivity index (χ2v) is 8.49. The number of H-pyrrole nitrogens is 1. The second-order valence-electron chi connectivity index (χ2n) is 8.49. The first kappa shape index (κ1) is 21.8. The Morgan fingerprint density at radius 2 is 1.90 bits per heavy atom. The van der Waals surface area contributed by atoms with Crippen LogP contribution in [0, 0.1) is 0 Å². The zero-order chi connectivity index (χ0) is 21.9. The van der Waals surface area contributed by atoms with Crippen LogP contribution in [0.15, 0.2) is 47.5 Å². The summed E-state index contributed by atoms with van der Waals surface area (Å²) in [7, 11) is 1.76. The Labute approximate surface area is 177 Å². The Bertz CT molecular complexity index is 1080. The fourth-order valence-electron chi connectivity index (χ4n) is 3.59. The number of amides is 1. The van der Waals surface area contributed by atoms with Crippen LogP contribution in [-0.2, 0) is 22.2 Å². The smallest absolute Gasteiger partial charge is 0.274 e. The molecule has 0 aliphatic rings. The Hall–Kier alpha value is -2.86. The molecule has 0 saturated carbocycles. The molecule has 1 amide bonds. The highest BCUT2D eigenvalue weighted by Crippen LogP contribution is 2.30. The lowest BCUT2D eigenvalue weighted by atomic mass is 9.94. The van der Waals surface area contributed by atoms with Crippen LogP contribution in [0.3, 0.4) is 0 Å². The molecule has 0 aliphatic heterocycles. The molecule has 0 saturated heterocycles. The summed E-state index contributed by atoms with van der Waals surface area (Å²) in [4.78, 5) is 27.1. The number of pyridine rings is 1. The number of hydrogen-bond donors (Lipinski definition) is 2. The maximum absolute atomic E-state index is 12.3. The molecule has 3 rings (SSSR count). The van der Waals surface area contributed by atoms with Gasteiger partial charge in [0.2, 0.25) is 5.91 Å². The number of aromatic nitrogens is 2. The van der Waals surface area contributed by atoms with Crippen molar-refractivity contribution in [1.29, 1.82) is 0 Å². The van der Waals surface area contributed by atoms with E-state index in [0.717, 1.165) is 22.1 Å². The summed E-state index contributed by atoms with van der Waals surface area (Å²) in [5.74, 6) is 0.0593. The molecule has 0 radical (unpaired) electrons. The van der Waals surface area contributed by atoms with Gasteiger partial charge in [0, 0.05) is 49.5 Å². The van der Waals surface area contributed by atoms with Gasteiger partial charge in [-0.15, -0.1) is 0 Å². The lowest BCUT2D eigenvalue weighted by Crippen LogP contribution is -2.30. The van der Waals surface area contributed by atoms with E-state index in [9.17, 15) is 9.59 Å². The monoisotopic (exact) mass is 409 g/mol. The Morgan fingerprint density at radius 1 is 1.20 bits per heavy atom. The number of hydrogen-bond acceptors (Lipinski definition) is 3. The zero-order valence-corrected chi connectivity index (χ0v) is 18.4. The molecule has 2 aromatic heterocycles. The third kappa shape index (κ3) is 4.82. The molecule has 30 heavy (non-hydrogen) atoms. The maximum atomic E-state index is 12.3. The summed E-state index contributed by atoms with van der Waals surface area (Å²) >= 11 is 0. The Morgan fingerprint density at radius 3 is 2.57 bits per heavy atom. The van der Waals surface area contributed by atoms with Crippen LogP contribution in [-0.4, -0.2) is 28.1 Å². The van der Waals surface area contributed by atoms with Crippen molar-refractivity contribution in [1.82, 2.24) is 14.9 Å². The fourth-order valence-corrected chi connectivity index (χ4v) is 3.59. The van der Waals surface area contributed by atoms with E-state index < -0.39 is 5.60 Å². The largest absolute Gasteiger partial charge is 0.371 e. The molecule has 0 bridgehead atoms. The minimum Gasteiger partial charge on any atom is -0.371 e. The molecule has 0 atom stereocenters. The Kier molecular flexibility index (Phi) is 6.46. The summed E-state index contributed by atoms with van der Waals surface area (Å²) in [5.41, 5.74) is 3.24. The quantitative estimate of drug-likeness (QED) is 0.550. The van der Waals surface area contributed by atoms with Crippen molar-refractivity contribution < 1.29 is 9.53 Å². The van der Waals surface area contributed by atoms with Gasteiger partial charge in [-0.25, -0.2) is 0 Å². The average Bonchev–Trinajstić information content (AvgIpc) is 3.18. The predicted molar refractivity (Wildman–Crippen MR) is 120 cm³/mol.